The first-order valence-electron chi connectivity index (χ1n) is 11.7. The monoisotopic (exact) mass is 471 g/mol. The Balaban J connectivity index is 2.03. The molecule has 0 spiro atoms. The lowest BCUT2D eigenvalue weighted by molar-refractivity contribution is -0.129. The van der Waals surface area contributed by atoms with Gasteiger partial charge < -0.3 is 28.6 Å². The molecule has 1 atom stereocenters. The third-order valence-electron chi connectivity index (χ3n) is 5.60. The Hall–Kier alpha value is -3.26. The quantitative estimate of drug-likeness (QED) is 0.332. The van der Waals surface area contributed by atoms with Gasteiger partial charge in [-0.2, -0.15) is 0 Å². The summed E-state index contributed by atoms with van der Waals surface area (Å²) in [5.74, 6) is 0.0502. The van der Waals surface area contributed by atoms with E-state index in [4.69, 9.17) is 18.6 Å². The number of ketones is 1. The highest BCUT2D eigenvalue weighted by Gasteiger charge is 2.44. The van der Waals surface area contributed by atoms with Crippen LogP contribution in [0.3, 0.4) is 0 Å². The molecule has 8 heteroatoms. The van der Waals surface area contributed by atoms with Gasteiger partial charge in [-0.1, -0.05) is 19.4 Å². The molecule has 1 amide bonds. The summed E-state index contributed by atoms with van der Waals surface area (Å²) in [6.45, 7) is 7.41. The van der Waals surface area contributed by atoms with E-state index in [9.17, 15) is 14.7 Å². The number of ether oxygens (including phenoxy) is 3. The third-order valence-corrected chi connectivity index (χ3v) is 5.60. The molecule has 184 valence electrons. The zero-order chi connectivity index (χ0) is 24.7. The van der Waals surface area contributed by atoms with Gasteiger partial charge in [0, 0.05) is 20.3 Å². The van der Waals surface area contributed by atoms with Crippen LogP contribution in [0.1, 0.15) is 61.0 Å². The van der Waals surface area contributed by atoms with Crippen LogP contribution in [0.4, 0.5) is 0 Å². The molecule has 1 unspecified atom stereocenters. The molecule has 34 heavy (non-hydrogen) atoms. The van der Waals surface area contributed by atoms with Crippen molar-refractivity contribution in [2.45, 2.75) is 46.1 Å². The van der Waals surface area contributed by atoms with Gasteiger partial charge in [0.1, 0.15) is 5.76 Å². The van der Waals surface area contributed by atoms with Crippen LogP contribution < -0.4 is 9.47 Å². The Morgan fingerprint density at radius 1 is 1.09 bits per heavy atom. The minimum atomic E-state index is -0.800. The van der Waals surface area contributed by atoms with Crippen molar-refractivity contribution in [1.29, 1.82) is 0 Å². The van der Waals surface area contributed by atoms with Crippen molar-refractivity contribution >= 4 is 11.7 Å². The van der Waals surface area contributed by atoms with E-state index in [0.717, 1.165) is 12.8 Å². The number of amides is 1. The molecule has 1 aromatic heterocycles. The van der Waals surface area contributed by atoms with Crippen LogP contribution >= 0.6 is 0 Å². The van der Waals surface area contributed by atoms with Gasteiger partial charge in [-0.25, -0.2) is 0 Å². The lowest BCUT2D eigenvalue weighted by atomic mass is 9.94. The predicted molar refractivity (Wildman–Crippen MR) is 126 cm³/mol. The van der Waals surface area contributed by atoms with Crippen molar-refractivity contribution in [3.05, 3.63) is 58.7 Å². The lowest BCUT2D eigenvalue weighted by Gasteiger charge is -2.27. The minimum Gasteiger partial charge on any atom is -0.503 e. The van der Waals surface area contributed by atoms with E-state index in [1.54, 1.807) is 44.4 Å². The number of furan rings is 1. The van der Waals surface area contributed by atoms with Gasteiger partial charge in [-0.05, 0) is 56.5 Å². The zero-order valence-corrected chi connectivity index (χ0v) is 20.3. The Kier molecular flexibility index (Phi) is 8.76. The Morgan fingerprint density at radius 2 is 1.88 bits per heavy atom. The van der Waals surface area contributed by atoms with Crippen LogP contribution in [0.15, 0.2) is 46.1 Å². The first-order valence-corrected chi connectivity index (χ1v) is 11.7. The fraction of sp³-hybridized carbons (Fsp3) is 0.462. The SMILES string of the molecule is CCCCOc1ccc(C2C(C(=O)c3ccc(C)o3)=C(O)C(=O)N2CCCOC)cc1OCC. The van der Waals surface area contributed by atoms with E-state index in [-0.39, 0.29) is 11.3 Å². The standard InChI is InChI=1S/C26H33NO7/c1-5-7-15-33-19-12-10-18(16-21(19)32-6-2)23-22(24(28)20-11-9-17(3)34-20)25(29)26(30)27(23)13-8-14-31-4/h9-12,16,23,29H,5-8,13-15H2,1-4H3. The molecule has 8 nitrogen and oxygen atoms in total. The number of hydrogen-bond donors (Lipinski definition) is 1. The molecule has 1 aliphatic heterocycles. The summed E-state index contributed by atoms with van der Waals surface area (Å²) in [6.07, 6.45) is 2.46. The maximum absolute atomic E-state index is 13.4. The van der Waals surface area contributed by atoms with Crippen molar-refractivity contribution in [1.82, 2.24) is 4.90 Å². The van der Waals surface area contributed by atoms with E-state index in [1.165, 1.54) is 4.90 Å². The van der Waals surface area contributed by atoms with Crippen molar-refractivity contribution in [3.8, 4) is 11.5 Å². The van der Waals surface area contributed by atoms with Crippen LogP contribution in [0, 0.1) is 6.92 Å². The van der Waals surface area contributed by atoms with Gasteiger partial charge in [-0.3, -0.25) is 9.59 Å². The third kappa shape index (κ3) is 5.44. The highest BCUT2D eigenvalue weighted by Crippen LogP contribution is 2.42. The van der Waals surface area contributed by atoms with Gasteiger partial charge in [-0.15, -0.1) is 0 Å². The summed E-state index contributed by atoms with van der Waals surface area (Å²) >= 11 is 0. The predicted octanol–water partition coefficient (Wildman–Crippen LogP) is 4.78. The molecule has 1 aliphatic rings. The van der Waals surface area contributed by atoms with Crippen LogP contribution in [0.5, 0.6) is 11.5 Å². The number of aryl methyl sites for hydroxylation is 1. The van der Waals surface area contributed by atoms with Crippen LogP contribution in [0.2, 0.25) is 0 Å². The molecule has 0 aliphatic carbocycles. The molecule has 0 saturated carbocycles. The average Bonchev–Trinajstić information content (AvgIpc) is 3.36. The van der Waals surface area contributed by atoms with Gasteiger partial charge in [0.15, 0.2) is 23.0 Å². The number of hydrogen-bond acceptors (Lipinski definition) is 7. The second-order valence-corrected chi connectivity index (χ2v) is 8.09. The van der Waals surface area contributed by atoms with Crippen LogP contribution in [0.25, 0.3) is 0 Å². The number of nitrogens with zero attached hydrogens (tertiary/aromatic N) is 1. The highest BCUT2D eigenvalue weighted by molar-refractivity contribution is 6.15. The number of Topliss-reactive ketones (excluding diaryl/α,β-unsaturated/α-hetero) is 1. The van der Waals surface area contributed by atoms with E-state index < -0.39 is 23.5 Å². The smallest absolute Gasteiger partial charge is 0.290 e. The van der Waals surface area contributed by atoms with E-state index in [1.807, 2.05) is 6.92 Å². The number of unbranched alkanes of at least 4 members (excludes halogenated alkanes) is 1. The molecule has 0 radical (unpaired) electrons. The van der Waals surface area contributed by atoms with Crippen molar-refractivity contribution < 1.29 is 33.3 Å². The molecule has 0 bridgehead atoms. The lowest BCUT2D eigenvalue weighted by Crippen LogP contribution is -2.32. The summed E-state index contributed by atoms with van der Waals surface area (Å²) in [5, 5.41) is 10.8. The fourth-order valence-electron chi connectivity index (χ4n) is 3.94. The molecule has 3 rings (SSSR count). The van der Waals surface area contributed by atoms with Gasteiger partial charge >= 0.3 is 0 Å². The Labute approximate surface area is 200 Å². The number of benzene rings is 1. The van der Waals surface area contributed by atoms with Crippen molar-refractivity contribution in [3.63, 3.8) is 0 Å². The summed E-state index contributed by atoms with van der Waals surface area (Å²) in [5.41, 5.74) is 0.617. The van der Waals surface area contributed by atoms with Crippen LogP contribution in [-0.4, -0.2) is 55.2 Å². The largest absolute Gasteiger partial charge is 0.503 e. The number of rotatable bonds is 13. The number of aliphatic hydroxyl groups is 1. The van der Waals surface area contributed by atoms with E-state index >= 15 is 0 Å². The van der Waals surface area contributed by atoms with Crippen molar-refractivity contribution in [2.24, 2.45) is 0 Å². The first-order chi connectivity index (χ1) is 16.4. The van der Waals surface area contributed by atoms with E-state index in [0.29, 0.717) is 55.6 Å². The van der Waals surface area contributed by atoms with E-state index in [2.05, 4.69) is 6.92 Å². The average molecular weight is 472 g/mol. The van der Waals surface area contributed by atoms with Gasteiger partial charge in [0.2, 0.25) is 5.78 Å². The Morgan fingerprint density at radius 3 is 2.53 bits per heavy atom. The topological polar surface area (TPSA) is 98.4 Å². The van der Waals surface area contributed by atoms with Crippen molar-refractivity contribution in [2.75, 3.05) is 33.5 Å². The number of aliphatic hydroxyl groups excluding tert-OH is 1. The summed E-state index contributed by atoms with van der Waals surface area (Å²) in [4.78, 5) is 27.9. The summed E-state index contributed by atoms with van der Waals surface area (Å²) in [6, 6.07) is 7.76. The molecule has 0 fully saturated rings. The second-order valence-electron chi connectivity index (χ2n) is 8.09. The number of carbonyl (C=O) groups is 2. The second kappa shape index (κ2) is 11.7. The Bertz CT molecular complexity index is 1040. The number of methoxy groups -OCH3 is 1. The molecule has 2 heterocycles. The fourth-order valence-corrected chi connectivity index (χ4v) is 3.94. The van der Waals surface area contributed by atoms with Gasteiger partial charge in [0.05, 0.1) is 24.8 Å². The first kappa shape index (κ1) is 25.4. The molecule has 1 aromatic carbocycles. The maximum atomic E-state index is 13.4. The normalized spacial score (nSPS) is 15.8. The summed E-state index contributed by atoms with van der Waals surface area (Å²) in [7, 11) is 1.58. The molecular formula is C26H33NO7. The highest BCUT2D eigenvalue weighted by atomic mass is 16.5. The molecule has 0 saturated heterocycles. The van der Waals surface area contributed by atoms with Crippen LogP contribution in [-0.2, 0) is 9.53 Å². The molecule has 1 N–H and O–H groups in total. The molecular weight excluding hydrogens is 438 g/mol. The summed E-state index contributed by atoms with van der Waals surface area (Å²) < 4.78 is 22.3. The number of carbonyl (C=O) groups excluding carboxylic acids is 2. The zero-order valence-electron chi connectivity index (χ0n) is 20.3. The van der Waals surface area contributed by atoms with Gasteiger partial charge in [0.25, 0.3) is 5.91 Å². The molecule has 2 aromatic rings. The maximum Gasteiger partial charge on any atom is 0.290 e. The minimum absolute atomic E-state index is 0.0149.